The Kier molecular flexibility index (Phi) is 3.85. The van der Waals surface area contributed by atoms with Crippen molar-refractivity contribution < 1.29 is 4.79 Å². The highest BCUT2D eigenvalue weighted by atomic mass is 35.5. The molecule has 90 valence electrons. The summed E-state index contributed by atoms with van der Waals surface area (Å²) in [6, 6.07) is 5.81. The zero-order valence-corrected chi connectivity index (χ0v) is 10.7. The Hall–Kier alpha value is -1.28. The van der Waals surface area contributed by atoms with Crippen LogP contribution in [0.2, 0.25) is 5.02 Å². The van der Waals surface area contributed by atoms with Crippen molar-refractivity contribution in [3.8, 4) is 0 Å². The summed E-state index contributed by atoms with van der Waals surface area (Å²) in [7, 11) is 0. The maximum absolute atomic E-state index is 11.8. The Labute approximate surface area is 107 Å². The highest BCUT2D eigenvalue weighted by molar-refractivity contribution is 6.31. The molecule has 1 aliphatic heterocycles. The predicted octanol–water partition coefficient (Wildman–Crippen LogP) is 3.28. The summed E-state index contributed by atoms with van der Waals surface area (Å²) in [5.74, 6) is 0.0965. The lowest BCUT2D eigenvalue weighted by Gasteiger charge is -2.11. The van der Waals surface area contributed by atoms with Crippen molar-refractivity contribution in [1.29, 1.82) is 0 Å². The third kappa shape index (κ3) is 3.10. The van der Waals surface area contributed by atoms with Crippen LogP contribution in [-0.2, 0) is 4.79 Å². The molecule has 0 N–H and O–H groups in total. The number of aryl methyl sites for hydroxylation is 1. The van der Waals surface area contributed by atoms with Gasteiger partial charge in [0.05, 0.1) is 0 Å². The molecule has 2 rings (SSSR count). The van der Waals surface area contributed by atoms with Crippen molar-refractivity contribution in [2.24, 2.45) is 0 Å². The minimum absolute atomic E-state index is 0.0965. The quantitative estimate of drug-likeness (QED) is 0.737. The van der Waals surface area contributed by atoms with E-state index in [2.05, 4.69) is 0 Å². The number of likely N-dealkylation sites (tertiary alicyclic amines) is 1. The average Bonchev–Trinajstić information content (AvgIpc) is 2.84. The van der Waals surface area contributed by atoms with Crippen LogP contribution in [0.3, 0.4) is 0 Å². The van der Waals surface area contributed by atoms with Crippen molar-refractivity contribution in [2.45, 2.75) is 19.8 Å². The molecule has 0 saturated carbocycles. The van der Waals surface area contributed by atoms with Gasteiger partial charge in [-0.05, 0) is 43.0 Å². The average molecular weight is 250 g/mol. The van der Waals surface area contributed by atoms with Gasteiger partial charge in [0.25, 0.3) is 0 Å². The zero-order chi connectivity index (χ0) is 12.3. The summed E-state index contributed by atoms with van der Waals surface area (Å²) in [6.07, 6.45) is 5.70. The molecule has 0 bridgehead atoms. The molecule has 0 aromatic heterocycles. The molecule has 0 aliphatic carbocycles. The number of hydrogen-bond acceptors (Lipinski definition) is 1. The van der Waals surface area contributed by atoms with Gasteiger partial charge in [-0.2, -0.15) is 0 Å². The molecule has 1 aliphatic rings. The first kappa shape index (κ1) is 12.2. The third-order valence-electron chi connectivity index (χ3n) is 3.03. The molecule has 3 heteroatoms. The van der Waals surface area contributed by atoms with Gasteiger partial charge < -0.3 is 4.90 Å². The van der Waals surface area contributed by atoms with Gasteiger partial charge in [0.1, 0.15) is 0 Å². The summed E-state index contributed by atoms with van der Waals surface area (Å²) in [6.45, 7) is 3.74. The summed E-state index contributed by atoms with van der Waals surface area (Å²) in [5.41, 5.74) is 2.02. The van der Waals surface area contributed by atoms with E-state index in [1.807, 2.05) is 36.1 Å². The number of carbonyl (C=O) groups excluding carboxylic acids is 1. The molecule has 1 fully saturated rings. The number of rotatable bonds is 2. The first-order valence-electron chi connectivity index (χ1n) is 5.90. The Morgan fingerprint density at radius 2 is 2.06 bits per heavy atom. The fourth-order valence-corrected chi connectivity index (χ4v) is 2.11. The van der Waals surface area contributed by atoms with Crippen molar-refractivity contribution in [3.05, 3.63) is 40.4 Å². The van der Waals surface area contributed by atoms with Crippen molar-refractivity contribution in [2.75, 3.05) is 13.1 Å². The number of hydrogen-bond donors (Lipinski definition) is 0. The summed E-state index contributed by atoms with van der Waals surface area (Å²) < 4.78 is 0. The van der Waals surface area contributed by atoms with E-state index >= 15 is 0 Å². The zero-order valence-electron chi connectivity index (χ0n) is 9.95. The second kappa shape index (κ2) is 5.37. The number of benzene rings is 1. The van der Waals surface area contributed by atoms with E-state index in [4.69, 9.17) is 11.6 Å². The molecule has 0 unspecified atom stereocenters. The molecule has 1 aromatic carbocycles. The largest absolute Gasteiger partial charge is 0.339 e. The standard InChI is InChI=1S/C14H16ClNO/c1-11-4-5-12(10-13(11)15)6-7-14(17)16-8-2-3-9-16/h4-7,10H,2-3,8-9H2,1H3/b7-6-. The van der Waals surface area contributed by atoms with Gasteiger partial charge in [-0.3, -0.25) is 4.79 Å². The smallest absolute Gasteiger partial charge is 0.246 e. The molecular weight excluding hydrogens is 234 g/mol. The summed E-state index contributed by atoms with van der Waals surface area (Å²) >= 11 is 6.03. The monoisotopic (exact) mass is 249 g/mol. The molecule has 1 aromatic rings. The van der Waals surface area contributed by atoms with Crippen molar-refractivity contribution in [3.63, 3.8) is 0 Å². The van der Waals surface area contributed by atoms with Gasteiger partial charge in [-0.15, -0.1) is 0 Å². The van der Waals surface area contributed by atoms with Gasteiger partial charge in [0, 0.05) is 24.2 Å². The maximum atomic E-state index is 11.8. The van der Waals surface area contributed by atoms with Crippen LogP contribution in [-0.4, -0.2) is 23.9 Å². The fraction of sp³-hybridized carbons (Fsp3) is 0.357. The maximum Gasteiger partial charge on any atom is 0.246 e. The van der Waals surface area contributed by atoms with E-state index in [0.717, 1.165) is 42.1 Å². The van der Waals surface area contributed by atoms with Gasteiger partial charge >= 0.3 is 0 Å². The van der Waals surface area contributed by atoms with Gasteiger partial charge in [0.15, 0.2) is 0 Å². The first-order chi connectivity index (χ1) is 8.16. The molecule has 2 nitrogen and oxygen atoms in total. The summed E-state index contributed by atoms with van der Waals surface area (Å²) in [5, 5.41) is 0.737. The van der Waals surface area contributed by atoms with E-state index < -0.39 is 0 Å². The minimum Gasteiger partial charge on any atom is -0.339 e. The Bertz CT molecular complexity index is 448. The van der Waals surface area contributed by atoms with Crippen LogP contribution in [0.5, 0.6) is 0 Å². The topological polar surface area (TPSA) is 20.3 Å². The Morgan fingerprint density at radius 3 is 2.71 bits per heavy atom. The summed E-state index contributed by atoms with van der Waals surface area (Å²) in [4.78, 5) is 13.7. The van der Waals surface area contributed by atoms with E-state index in [1.165, 1.54) is 0 Å². The molecule has 1 saturated heterocycles. The SMILES string of the molecule is Cc1ccc(/C=C\C(=O)N2CCCC2)cc1Cl. The van der Waals surface area contributed by atoms with Gasteiger partial charge in [-0.25, -0.2) is 0 Å². The molecule has 0 atom stereocenters. The fourth-order valence-electron chi connectivity index (χ4n) is 1.92. The van der Waals surface area contributed by atoms with Crippen LogP contribution >= 0.6 is 11.6 Å². The molecule has 1 amide bonds. The van der Waals surface area contributed by atoms with E-state index in [0.29, 0.717) is 0 Å². The lowest BCUT2D eigenvalue weighted by Crippen LogP contribution is -2.25. The Morgan fingerprint density at radius 1 is 1.35 bits per heavy atom. The van der Waals surface area contributed by atoms with Crippen LogP contribution in [0, 0.1) is 6.92 Å². The van der Waals surface area contributed by atoms with Crippen LogP contribution < -0.4 is 0 Å². The third-order valence-corrected chi connectivity index (χ3v) is 3.44. The van der Waals surface area contributed by atoms with E-state index in [-0.39, 0.29) is 5.91 Å². The normalized spacial score (nSPS) is 15.8. The van der Waals surface area contributed by atoms with Crippen molar-refractivity contribution in [1.82, 2.24) is 4.90 Å². The lowest BCUT2D eigenvalue weighted by molar-refractivity contribution is -0.124. The van der Waals surface area contributed by atoms with Crippen molar-refractivity contribution >= 4 is 23.6 Å². The number of carbonyl (C=O) groups is 1. The van der Waals surface area contributed by atoms with Gasteiger partial charge in [0.2, 0.25) is 5.91 Å². The van der Waals surface area contributed by atoms with Crippen LogP contribution in [0.15, 0.2) is 24.3 Å². The minimum atomic E-state index is 0.0965. The van der Waals surface area contributed by atoms with Gasteiger partial charge in [-0.1, -0.05) is 23.7 Å². The highest BCUT2D eigenvalue weighted by Crippen LogP contribution is 2.17. The molecule has 0 spiro atoms. The van der Waals surface area contributed by atoms with Crippen LogP contribution in [0.25, 0.3) is 6.08 Å². The van der Waals surface area contributed by atoms with E-state index in [1.54, 1.807) is 6.08 Å². The molecule has 17 heavy (non-hydrogen) atoms. The van der Waals surface area contributed by atoms with E-state index in [9.17, 15) is 4.79 Å². The molecule has 1 heterocycles. The molecule has 0 radical (unpaired) electrons. The van der Waals surface area contributed by atoms with Crippen LogP contribution in [0.4, 0.5) is 0 Å². The second-order valence-electron chi connectivity index (χ2n) is 4.37. The second-order valence-corrected chi connectivity index (χ2v) is 4.78. The predicted molar refractivity (Wildman–Crippen MR) is 71.0 cm³/mol. The number of amides is 1. The Balaban J connectivity index is 2.04. The molecular formula is C14H16ClNO. The number of nitrogens with zero attached hydrogens (tertiary/aromatic N) is 1. The van der Waals surface area contributed by atoms with Crippen LogP contribution in [0.1, 0.15) is 24.0 Å². The number of halogens is 1. The lowest BCUT2D eigenvalue weighted by atomic mass is 10.1. The first-order valence-corrected chi connectivity index (χ1v) is 6.28. The highest BCUT2D eigenvalue weighted by Gasteiger charge is 2.14.